The summed E-state index contributed by atoms with van der Waals surface area (Å²) in [5.74, 6) is 1.06. The number of hydrogen-bond acceptors (Lipinski definition) is 2. The summed E-state index contributed by atoms with van der Waals surface area (Å²) in [6.45, 7) is 2.17. The normalized spacial score (nSPS) is 11.7. The molecule has 0 aliphatic carbocycles. The molecule has 0 aliphatic rings. The van der Waals surface area contributed by atoms with Gasteiger partial charge >= 0.3 is 5.97 Å². The Morgan fingerprint density at radius 2 is 2.22 bits per heavy atom. The van der Waals surface area contributed by atoms with Crippen molar-refractivity contribution >= 4 is 34.9 Å². The molecule has 1 atom stereocenters. The summed E-state index contributed by atoms with van der Waals surface area (Å²) in [6, 6.07) is 5.01. The number of aliphatic carboxylic acids is 1. The van der Waals surface area contributed by atoms with E-state index in [4.69, 9.17) is 34.7 Å². The van der Waals surface area contributed by atoms with Gasteiger partial charge in [-0.2, -0.15) is 0 Å². The Morgan fingerprint density at radius 1 is 1.56 bits per heavy atom. The lowest BCUT2D eigenvalue weighted by molar-refractivity contribution is -0.140. The van der Waals surface area contributed by atoms with E-state index in [1.165, 1.54) is 0 Å². The number of carboxylic acid groups (broad SMARTS) is 1. The van der Waals surface area contributed by atoms with Crippen LogP contribution < -0.4 is 4.90 Å². The third kappa shape index (κ3) is 3.83. The first-order valence-electron chi connectivity index (χ1n) is 5.32. The van der Waals surface area contributed by atoms with E-state index in [2.05, 4.69) is 5.92 Å². The quantitative estimate of drug-likeness (QED) is 0.845. The standard InChI is InChI=1S/C13H13Cl2NO2/c1-3-6-16(8-9(2)13(17)18)12-7-10(14)4-5-11(12)15/h1,4-5,7,9H,6,8H2,2H3,(H,17,18). The van der Waals surface area contributed by atoms with E-state index in [1.807, 2.05) is 0 Å². The third-order valence-corrected chi connectivity index (χ3v) is 3.00. The molecule has 1 N–H and O–H groups in total. The Kier molecular flexibility index (Phi) is 5.33. The number of terminal acetylenes is 1. The highest BCUT2D eigenvalue weighted by atomic mass is 35.5. The van der Waals surface area contributed by atoms with Crippen LogP contribution >= 0.6 is 23.2 Å². The highest BCUT2D eigenvalue weighted by molar-refractivity contribution is 6.35. The molecule has 1 unspecified atom stereocenters. The van der Waals surface area contributed by atoms with E-state index >= 15 is 0 Å². The van der Waals surface area contributed by atoms with Crippen LogP contribution in [0.5, 0.6) is 0 Å². The van der Waals surface area contributed by atoms with Gasteiger partial charge in [0.2, 0.25) is 0 Å². The van der Waals surface area contributed by atoms with Crippen molar-refractivity contribution in [2.45, 2.75) is 6.92 Å². The first-order chi connectivity index (χ1) is 8.45. The Balaban J connectivity index is 3.01. The van der Waals surface area contributed by atoms with E-state index < -0.39 is 11.9 Å². The minimum Gasteiger partial charge on any atom is -0.481 e. The smallest absolute Gasteiger partial charge is 0.308 e. The average Bonchev–Trinajstić information content (AvgIpc) is 2.31. The van der Waals surface area contributed by atoms with Gasteiger partial charge in [0.05, 0.1) is 23.2 Å². The van der Waals surface area contributed by atoms with Crippen LogP contribution in [-0.4, -0.2) is 24.2 Å². The zero-order valence-electron chi connectivity index (χ0n) is 9.86. The van der Waals surface area contributed by atoms with Gasteiger partial charge in [0.1, 0.15) is 0 Å². The van der Waals surface area contributed by atoms with E-state index in [9.17, 15) is 4.79 Å². The second-order valence-electron chi connectivity index (χ2n) is 3.92. The molecule has 0 radical (unpaired) electrons. The summed E-state index contributed by atoms with van der Waals surface area (Å²) in [7, 11) is 0. The van der Waals surface area contributed by atoms with E-state index in [1.54, 1.807) is 30.0 Å². The fourth-order valence-electron chi connectivity index (χ4n) is 1.50. The van der Waals surface area contributed by atoms with E-state index in [0.717, 1.165) is 0 Å². The molecule has 0 spiro atoms. The number of carboxylic acids is 1. The number of nitrogens with zero attached hydrogens (tertiary/aromatic N) is 1. The molecule has 3 nitrogen and oxygen atoms in total. The minimum atomic E-state index is -0.879. The lowest BCUT2D eigenvalue weighted by Gasteiger charge is -2.25. The maximum Gasteiger partial charge on any atom is 0.308 e. The van der Waals surface area contributed by atoms with Crippen molar-refractivity contribution < 1.29 is 9.90 Å². The topological polar surface area (TPSA) is 40.5 Å². The van der Waals surface area contributed by atoms with Gasteiger partial charge in [0, 0.05) is 11.6 Å². The zero-order valence-corrected chi connectivity index (χ0v) is 11.4. The molecule has 0 amide bonds. The second-order valence-corrected chi connectivity index (χ2v) is 4.76. The third-order valence-electron chi connectivity index (χ3n) is 2.45. The minimum absolute atomic E-state index is 0.275. The molecule has 5 heteroatoms. The monoisotopic (exact) mass is 285 g/mol. The van der Waals surface area contributed by atoms with E-state index in [0.29, 0.717) is 15.7 Å². The predicted molar refractivity (Wildman–Crippen MR) is 74.3 cm³/mol. The molecular weight excluding hydrogens is 273 g/mol. The summed E-state index contributed by atoms with van der Waals surface area (Å²) < 4.78 is 0. The molecular formula is C13H13Cl2NO2. The van der Waals surface area contributed by atoms with Crippen molar-refractivity contribution in [2.75, 3.05) is 18.0 Å². The van der Waals surface area contributed by atoms with Crippen LogP contribution in [0.3, 0.4) is 0 Å². The van der Waals surface area contributed by atoms with Gasteiger partial charge in [-0.15, -0.1) is 6.42 Å². The van der Waals surface area contributed by atoms with Crippen LogP contribution in [-0.2, 0) is 4.79 Å². The highest BCUT2D eigenvalue weighted by Gasteiger charge is 2.18. The molecule has 0 bridgehead atoms. The maximum atomic E-state index is 10.9. The van der Waals surface area contributed by atoms with Gasteiger partial charge in [0.15, 0.2) is 0 Å². The molecule has 18 heavy (non-hydrogen) atoms. The number of carbonyl (C=O) groups is 1. The first kappa shape index (κ1) is 14.7. The number of rotatable bonds is 5. The molecule has 96 valence electrons. The molecule has 1 aromatic rings. The van der Waals surface area contributed by atoms with Crippen molar-refractivity contribution in [1.82, 2.24) is 0 Å². The lowest BCUT2D eigenvalue weighted by Crippen LogP contribution is -2.32. The zero-order chi connectivity index (χ0) is 13.7. The van der Waals surface area contributed by atoms with Crippen molar-refractivity contribution in [1.29, 1.82) is 0 Å². The summed E-state index contributed by atoms with van der Waals surface area (Å²) >= 11 is 12.0. The van der Waals surface area contributed by atoms with Crippen molar-refractivity contribution in [3.05, 3.63) is 28.2 Å². The van der Waals surface area contributed by atoms with Crippen molar-refractivity contribution in [3.8, 4) is 12.3 Å². The van der Waals surface area contributed by atoms with Crippen LogP contribution in [0.15, 0.2) is 18.2 Å². The first-order valence-corrected chi connectivity index (χ1v) is 6.07. The molecule has 0 saturated heterocycles. The Labute approximate surface area is 116 Å². The molecule has 0 aliphatic heterocycles. The fourth-order valence-corrected chi connectivity index (χ4v) is 1.90. The fraction of sp³-hybridized carbons (Fsp3) is 0.308. The predicted octanol–water partition coefficient (Wildman–Crippen LogP) is 3.15. The molecule has 1 aromatic carbocycles. The summed E-state index contributed by atoms with van der Waals surface area (Å²) in [4.78, 5) is 12.6. The van der Waals surface area contributed by atoms with Gasteiger partial charge in [-0.05, 0) is 18.2 Å². The number of benzene rings is 1. The van der Waals surface area contributed by atoms with Crippen LogP contribution in [0.2, 0.25) is 10.0 Å². The molecule has 0 heterocycles. The summed E-state index contributed by atoms with van der Waals surface area (Å²) in [6.07, 6.45) is 5.29. The lowest BCUT2D eigenvalue weighted by atomic mass is 10.1. The SMILES string of the molecule is C#CCN(CC(C)C(=O)O)c1cc(Cl)ccc1Cl. The van der Waals surface area contributed by atoms with Crippen molar-refractivity contribution in [2.24, 2.45) is 5.92 Å². The second kappa shape index (κ2) is 6.53. The van der Waals surface area contributed by atoms with Gasteiger partial charge in [0.25, 0.3) is 0 Å². The Hall–Kier alpha value is -1.37. The molecule has 0 saturated carbocycles. The summed E-state index contributed by atoms with van der Waals surface area (Å²) in [5.41, 5.74) is 0.648. The van der Waals surface area contributed by atoms with Gasteiger partial charge < -0.3 is 10.0 Å². The number of hydrogen-bond donors (Lipinski definition) is 1. The largest absolute Gasteiger partial charge is 0.481 e. The molecule has 0 aromatic heterocycles. The summed E-state index contributed by atoms with van der Waals surface area (Å²) in [5, 5.41) is 9.95. The average molecular weight is 286 g/mol. The van der Waals surface area contributed by atoms with Gasteiger partial charge in [-0.25, -0.2) is 0 Å². The van der Waals surface area contributed by atoms with Crippen LogP contribution in [0, 0.1) is 18.3 Å². The van der Waals surface area contributed by atoms with Crippen LogP contribution in [0.25, 0.3) is 0 Å². The van der Waals surface area contributed by atoms with Crippen LogP contribution in [0.1, 0.15) is 6.92 Å². The van der Waals surface area contributed by atoms with Gasteiger partial charge in [-0.1, -0.05) is 36.0 Å². The van der Waals surface area contributed by atoms with Crippen LogP contribution in [0.4, 0.5) is 5.69 Å². The van der Waals surface area contributed by atoms with E-state index in [-0.39, 0.29) is 13.1 Å². The molecule has 1 rings (SSSR count). The Morgan fingerprint density at radius 3 is 2.78 bits per heavy atom. The molecule has 0 fully saturated rings. The van der Waals surface area contributed by atoms with Crippen molar-refractivity contribution in [3.63, 3.8) is 0 Å². The number of halogens is 2. The Bertz CT molecular complexity index is 482. The highest BCUT2D eigenvalue weighted by Crippen LogP contribution is 2.29. The number of anilines is 1. The maximum absolute atomic E-state index is 10.9. The van der Waals surface area contributed by atoms with Gasteiger partial charge in [-0.3, -0.25) is 4.79 Å².